The van der Waals surface area contributed by atoms with Gasteiger partial charge in [0.2, 0.25) is 5.91 Å². The van der Waals surface area contributed by atoms with E-state index in [0.717, 1.165) is 5.56 Å². The van der Waals surface area contributed by atoms with Crippen LogP contribution in [-0.2, 0) is 17.9 Å². The smallest absolute Gasteiger partial charge is 0.244 e. The second-order valence-electron chi connectivity index (χ2n) is 4.19. The summed E-state index contributed by atoms with van der Waals surface area (Å²) in [6.07, 6.45) is 2.04. The number of carbonyl (C=O) groups excluding carboxylic acids is 2. The molecule has 6 nitrogen and oxygen atoms in total. The molecule has 0 atom stereocenters. The van der Waals surface area contributed by atoms with Gasteiger partial charge in [-0.25, -0.2) is 4.68 Å². The lowest BCUT2D eigenvalue weighted by molar-refractivity contribution is -0.131. The highest BCUT2D eigenvalue weighted by molar-refractivity contribution is 5.76. The van der Waals surface area contributed by atoms with Crippen molar-refractivity contribution in [2.45, 2.75) is 13.1 Å². The zero-order valence-electron chi connectivity index (χ0n) is 10.6. The SMILES string of the molecule is CN(Cc1ccccc1)C(=O)Cn1cc(C=O)nn1. The Morgan fingerprint density at radius 3 is 2.74 bits per heavy atom. The van der Waals surface area contributed by atoms with Crippen molar-refractivity contribution in [3.63, 3.8) is 0 Å². The van der Waals surface area contributed by atoms with E-state index in [1.807, 2.05) is 30.3 Å². The van der Waals surface area contributed by atoms with Gasteiger partial charge >= 0.3 is 0 Å². The van der Waals surface area contributed by atoms with Crippen LogP contribution in [0.4, 0.5) is 0 Å². The first kappa shape index (κ1) is 12.9. The molecular weight excluding hydrogens is 244 g/mol. The molecule has 6 heteroatoms. The van der Waals surface area contributed by atoms with Gasteiger partial charge in [-0.15, -0.1) is 5.10 Å². The number of amides is 1. The van der Waals surface area contributed by atoms with Gasteiger partial charge < -0.3 is 4.90 Å². The zero-order valence-corrected chi connectivity index (χ0v) is 10.6. The number of aldehydes is 1. The molecule has 1 heterocycles. The highest BCUT2D eigenvalue weighted by Gasteiger charge is 2.11. The predicted molar refractivity (Wildman–Crippen MR) is 68.3 cm³/mol. The van der Waals surface area contributed by atoms with Crippen LogP contribution < -0.4 is 0 Å². The molecule has 1 aromatic heterocycles. The van der Waals surface area contributed by atoms with Gasteiger partial charge in [0.25, 0.3) is 0 Å². The number of carbonyl (C=O) groups is 2. The van der Waals surface area contributed by atoms with E-state index in [-0.39, 0.29) is 18.1 Å². The van der Waals surface area contributed by atoms with Gasteiger partial charge in [0.1, 0.15) is 12.2 Å². The van der Waals surface area contributed by atoms with Crippen molar-refractivity contribution in [3.05, 3.63) is 47.8 Å². The van der Waals surface area contributed by atoms with Crippen LogP contribution in [-0.4, -0.2) is 39.1 Å². The van der Waals surface area contributed by atoms with Crippen molar-refractivity contribution in [2.75, 3.05) is 7.05 Å². The molecule has 98 valence electrons. The number of hydrogen-bond donors (Lipinski definition) is 0. The minimum atomic E-state index is -0.0915. The lowest BCUT2D eigenvalue weighted by atomic mass is 10.2. The van der Waals surface area contributed by atoms with Crippen LogP contribution in [0.2, 0.25) is 0 Å². The Labute approximate surface area is 110 Å². The number of likely N-dealkylation sites (N-methyl/N-ethyl adjacent to an activating group) is 1. The van der Waals surface area contributed by atoms with Crippen molar-refractivity contribution in [1.82, 2.24) is 19.9 Å². The molecule has 2 aromatic rings. The summed E-state index contributed by atoms with van der Waals surface area (Å²) in [5, 5.41) is 7.31. The lowest BCUT2D eigenvalue weighted by Crippen LogP contribution is -2.29. The van der Waals surface area contributed by atoms with Gasteiger partial charge in [0.15, 0.2) is 6.29 Å². The summed E-state index contributed by atoms with van der Waals surface area (Å²) in [6, 6.07) is 9.72. The highest BCUT2D eigenvalue weighted by atomic mass is 16.2. The summed E-state index contributed by atoms with van der Waals surface area (Å²) in [6.45, 7) is 0.610. The molecule has 0 radical (unpaired) electrons. The fourth-order valence-corrected chi connectivity index (χ4v) is 1.65. The summed E-state index contributed by atoms with van der Waals surface area (Å²) in [4.78, 5) is 24.0. The minimum absolute atomic E-state index is 0.0736. The maximum absolute atomic E-state index is 12.0. The van der Waals surface area contributed by atoms with E-state index in [1.165, 1.54) is 10.9 Å². The Morgan fingerprint density at radius 1 is 1.37 bits per heavy atom. The molecule has 0 fully saturated rings. The third-order valence-electron chi connectivity index (χ3n) is 2.66. The van der Waals surface area contributed by atoms with Gasteiger partial charge in [-0.05, 0) is 5.56 Å². The summed E-state index contributed by atoms with van der Waals surface area (Å²) < 4.78 is 1.35. The van der Waals surface area contributed by atoms with Crippen LogP contribution in [0.25, 0.3) is 0 Å². The van der Waals surface area contributed by atoms with Gasteiger partial charge in [-0.2, -0.15) is 0 Å². The molecule has 0 bridgehead atoms. The van der Waals surface area contributed by atoms with Crippen LogP contribution in [0.3, 0.4) is 0 Å². The van der Waals surface area contributed by atoms with Gasteiger partial charge in [0, 0.05) is 13.6 Å². The molecule has 0 spiro atoms. The van der Waals surface area contributed by atoms with Crippen LogP contribution in [0.15, 0.2) is 36.5 Å². The molecule has 19 heavy (non-hydrogen) atoms. The van der Waals surface area contributed by atoms with E-state index in [0.29, 0.717) is 12.8 Å². The topological polar surface area (TPSA) is 68.1 Å². The van der Waals surface area contributed by atoms with Crippen LogP contribution >= 0.6 is 0 Å². The number of rotatable bonds is 5. The summed E-state index contributed by atoms with van der Waals surface area (Å²) in [7, 11) is 1.73. The molecule has 0 unspecified atom stereocenters. The largest absolute Gasteiger partial charge is 0.340 e. The van der Waals surface area contributed by atoms with Crippen LogP contribution in [0.1, 0.15) is 16.1 Å². The molecule has 2 rings (SSSR count). The Balaban J connectivity index is 1.94. The molecule has 1 amide bonds. The number of hydrogen-bond acceptors (Lipinski definition) is 4. The summed E-state index contributed by atoms with van der Waals surface area (Å²) in [5.41, 5.74) is 1.28. The molecule has 0 aliphatic rings. The van der Waals surface area contributed by atoms with E-state index in [9.17, 15) is 9.59 Å². The first-order chi connectivity index (χ1) is 9.19. The third kappa shape index (κ3) is 3.48. The van der Waals surface area contributed by atoms with Crippen LogP contribution in [0.5, 0.6) is 0 Å². The highest BCUT2D eigenvalue weighted by Crippen LogP contribution is 2.03. The van der Waals surface area contributed by atoms with E-state index >= 15 is 0 Å². The number of aromatic nitrogens is 3. The van der Waals surface area contributed by atoms with Crippen LogP contribution in [0, 0.1) is 0 Å². The van der Waals surface area contributed by atoms with Crippen molar-refractivity contribution in [1.29, 1.82) is 0 Å². The fraction of sp³-hybridized carbons (Fsp3) is 0.231. The van der Waals surface area contributed by atoms with Gasteiger partial charge in [0.05, 0.1) is 6.20 Å². The minimum Gasteiger partial charge on any atom is -0.340 e. The number of nitrogens with zero attached hydrogens (tertiary/aromatic N) is 4. The third-order valence-corrected chi connectivity index (χ3v) is 2.66. The van der Waals surface area contributed by atoms with Crippen molar-refractivity contribution >= 4 is 12.2 Å². The van der Waals surface area contributed by atoms with Gasteiger partial charge in [-0.1, -0.05) is 35.5 Å². The molecule has 0 aliphatic carbocycles. The molecule has 1 aromatic carbocycles. The predicted octanol–water partition coefficient (Wildman–Crippen LogP) is 0.749. The van der Waals surface area contributed by atoms with Gasteiger partial charge in [-0.3, -0.25) is 9.59 Å². The molecule has 0 saturated heterocycles. The average Bonchev–Trinajstić information content (AvgIpc) is 2.87. The molecule has 0 N–H and O–H groups in total. The Morgan fingerprint density at radius 2 is 2.11 bits per heavy atom. The quantitative estimate of drug-likeness (QED) is 0.742. The zero-order chi connectivity index (χ0) is 13.7. The Hall–Kier alpha value is -2.50. The van der Waals surface area contributed by atoms with Crippen molar-refractivity contribution < 1.29 is 9.59 Å². The summed E-state index contributed by atoms with van der Waals surface area (Å²) in [5.74, 6) is -0.0915. The monoisotopic (exact) mass is 258 g/mol. The second-order valence-corrected chi connectivity index (χ2v) is 4.19. The summed E-state index contributed by atoms with van der Waals surface area (Å²) >= 11 is 0. The average molecular weight is 258 g/mol. The normalized spacial score (nSPS) is 10.2. The molecule has 0 aliphatic heterocycles. The molecule has 0 saturated carbocycles. The maximum atomic E-state index is 12.0. The fourth-order valence-electron chi connectivity index (χ4n) is 1.65. The second kappa shape index (κ2) is 5.90. The Bertz CT molecular complexity index is 565. The molecular formula is C13H14N4O2. The van der Waals surface area contributed by atoms with Crippen molar-refractivity contribution in [3.8, 4) is 0 Å². The Kier molecular flexibility index (Phi) is 4.02. The standard InChI is InChI=1S/C13H14N4O2/c1-16(7-11-5-3-2-4-6-11)13(19)9-17-8-12(10-18)14-15-17/h2-6,8,10H,7,9H2,1H3. The number of benzene rings is 1. The van der Waals surface area contributed by atoms with E-state index in [2.05, 4.69) is 10.3 Å². The maximum Gasteiger partial charge on any atom is 0.244 e. The van der Waals surface area contributed by atoms with E-state index in [1.54, 1.807) is 11.9 Å². The first-order valence-electron chi connectivity index (χ1n) is 5.82. The first-order valence-corrected chi connectivity index (χ1v) is 5.82. The van der Waals surface area contributed by atoms with E-state index in [4.69, 9.17) is 0 Å². The lowest BCUT2D eigenvalue weighted by Gasteiger charge is -2.16. The van der Waals surface area contributed by atoms with Crippen molar-refractivity contribution in [2.24, 2.45) is 0 Å². The van der Waals surface area contributed by atoms with E-state index < -0.39 is 0 Å².